The molecule has 4 aromatic rings. The molecule has 0 N–H and O–H groups in total. The van der Waals surface area contributed by atoms with Gasteiger partial charge in [-0.25, -0.2) is 0 Å². The molecule has 0 heterocycles. The topological polar surface area (TPSA) is 0 Å². The van der Waals surface area contributed by atoms with Crippen LogP contribution >= 0.6 is 0 Å². The standard InChI is InChI=1S/C18H13.2C7H7.C3H6.Zr/c1-2-6-13(5-1)14-9-10-18-16(11-14)12-15-7-3-4-8-17(15)18;2*1-7-5-3-2-4-6-7;1-3-2;/h1-5,7-10H,6,12H2;2*2-6H,1H2;1-2H3;/q3*-1;;. The summed E-state index contributed by atoms with van der Waals surface area (Å²) in [6.07, 6.45) is 8.60. The van der Waals surface area contributed by atoms with Gasteiger partial charge in [0.15, 0.2) is 0 Å². The van der Waals surface area contributed by atoms with E-state index in [1.165, 1.54) is 36.6 Å². The van der Waals surface area contributed by atoms with E-state index in [0.29, 0.717) is 0 Å². The minimum absolute atomic E-state index is 1.03. The zero-order chi connectivity index (χ0) is 25.8. The summed E-state index contributed by atoms with van der Waals surface area (Å²) < 4.78 is 1.51. The summed E-state index contributed by atoms with van der Waals surface area (Å²) in [5, 5.41) is 0. The predicted molar refractivity (Wildman–Crippen MR) is 153 cm³/mol. The van der Waals surface area contributed by atoms with Gasteiger partial charge >= 0.3 is 41.3 Å². The zero-order valence-corrected chi connectivity index (χ0v) is 23.8. The molecule has 0 aliphatic heterocycles. The van der Waals surface area contributed by atoms with E-state index in [-0.39, 0.29) is 0 Å². The molecule has 0 unspecified atom stereocenters. The second kappa shape index (κ2) is 14.4. The third kappa shape index (κ3) is 8.81. The first kappa shape index (κ1) is 27.4. The fraction of sp³-hybridized carbons (Fsp3) is 0.114. The fourth-order valence-electron chi connectivity index (χ4n) is 3.85. The van der Waals surface area contributed by atoms with Gasteiger partial charge in [-0.05, 0) is 18.4 Å². The summed E-state index contributed by atoms with van der Waals surface area (Å²) >= 11 is 1.55. The van der Waals surface area contributed by atoms with Crippen LogP contribution in [0.15, 0.2) is 115 Å². The van der Waals surface area contributed by atoms with Gasteiger partial charge in [-0.3, -0.25) is 0 Å². The van der Waals surface area contributed by atoms with Gasteiger partial charge in [0.05, 0.1) is 0 Å². The Bertz CT molecular complexity index is 1270. The van der Waals surface area contributed by atoms with E-state index in [1.807, 2.05) is 60.7 Å². The first-order valence-electron chi connectivity index (χ1n) is 12.2. The molecule has 2 aliphatic rings. The van der Waals surface area contributed by atoms with E-state index in [1.54, 1.807) is 24.2 Å². The van der Waals surface area contributed by atoms with E-state index in [2.05, 4.69) is 88.4 Å². The SMILES string of the molecule is C[C](C)=[Zr].[CH2-]c1ccccc1.[CH2-]c1ccccc1.[c-]1c(C2=CC=CC2)ccc2c1Cc1ccccc1-2. The second-order valence-electron chi connectivity index (χ2n) is 8.89. The number of benzene rings is 4. The Morgan fingerprint density at radius 2 is 1.28 bits per heavy atom. The van der Waals surface area contributed by atoms with Gasteiger partial charge in [-0.2, -0.15) is 49.2 Å². The Hall–Kier alpha value is -3.15. The molecular weight excluding hydrogens is 512 g/mol. The first-order valence-corrected chi connectivity index (χ1v) is 13.4. The van der Waals surface area contributed by atoms with Gasteiger partial charge in [0.25, 0.3) is 0 Å². The molecule has 1 heteroatoms. The number of allylic oxidation sites excluding steroid dienone is 4. The second-order valence-corrected chi connectivity index (χ2v) is 11.4. The molecule has 0 aromatic heterocycles. The van der Waals surface area contributed by atoms with Crippen LogP contribution in [0.25, 0.3) is 16.7 Å². The van der Waals surface area contributed by atoms with Crippen molar-refractivity contribution in [1.29, 1.82) is 0 Å². The maximum atomic E-state index is 3.72. The summed E-state index contributed by atoms with van der Waals surface area (Å²) in [4.78, 5) is 0. The molecule has 0 nitrogen and oxygen atoms in total. The van der Waals surface area contributed by atoms with Crippen molar-refractivity contribution in [3.8, 4) is 11.1 Å². The van der Waals surface area contributed by atoms with Crippen LogP contribution in [0.5, 0.6) is 0 Å². The molecule has 2 aliphatic carbocycles. The molecule has 36 heavy (non-hydrogen) atoms. The Morgan fingerprint density at radius 1 is 0.722 bits per heavy atom. The average molecular weight is 545 g/mol. The monoisotopic (exact) mass is 543 g/mol. The van der Waals surface area contributed by atoms with Gasteiger partial charge in [-0.15, -0.1) is 65.2 Å². The third-order valence-corrected chi connectivity index (χ3v) is 5.50. The molecule has 0 saturated carbocycles. The Labute approximate surface area is 232 Å². The quantitative estimate of drug-likeness (QED) is 0.185. The van der Waals surface area contributed by atoms with Crippen LogP contribution in [0.3, 0.4) is 0 Å². The Balaban J connectivity index is 0.000000166. The zero-order valence-electron chi connectivity index (χ0n) is 21.3. The molecule has 0 bridgehead atoms. The van der Waals surface area contributed by atoms with Crippen molar-refractivity contribution in [2.24, 2.45) is 0 Å². The largest absolute Gasteiger partial charge is 0.199 e. The van der Waals surface area contributed by atoms with Gasteiger partial charge in [0, 0.05) is 0 Å². The molecule has 0 radical (unpaired) electrons. The van der Waals surface area contributed by atoms with E-state index < -0.39 is 0 Å². The molecule has 0 fully saturated rings. The van der Waals surface area contributed by atoms with Gasteiger partial charge in [0.2, 0.25) is 0 Å². The summed E-state index contributed by atoms with van der Waals surface area (Å²) in [6, 6.07) is 36.5. The third-order valence-electron chi connectivity index (χ3n) is 5.50. The molecule has 4 aromatic carbocycles. The van der Waals surface area contributed by atoms with E-state index in [0.717, 1.165) is 24.0 Å². The molecule has 0 spiro atoms. The van der Waals surface area contributed by atoms with Crippen LogP contribution in [0.2, 0.25) is 0 Å². The van der Waals surface area contributed by atoms with Crippen LogP contribution < -0.4 is 0 Å². The normalized spacial score (nSPS) is 11.8. The minimum Gasteiger partial charge on any atom is -0.199 e. The van der Waals surface area contributed by atoms with Gasteiger partial charge < -0.3 is 0 Å². The molecule has 6 rings (SSSR count). The van der Waals surface area contributed by atoms with E-state index in [9.17, 15) is 0 Å². The van der Waals surface area contributed by atoms with Crippen molar-refractivity contribution in [3.63, 3.8) is 0 Å². The van der Waals surface area contributed by atoms with Crippen LogP contribution in [0.4, 0.5) is 0 Å². The van der Waals surface area contributed by atoms with Crippen LogP contribution in [-0.2, 0) is 30.7 Å². The summed E-state index contributed by atoms with van der Waals surface area (Å²) in [5.74, 6) is 0. The minimum atomic E-state index is 1.03. The maximum Gasteiger partial charge on any atom is -0.0195 e. The maximum absolute atomic E-state index is 3.72. The molecular formula is C35H33Zr-3. The van der Waals surface area contributed by atoms with Gasteiger partial charge in [0.1, 0.15) is 0 Å². The first-order chi connectivity index (χ1) is 17.4. The van der Waals surface area contributed by atoms with E-state index in [4.69, 9.17) is 0 Å². The molecule has 180 valence electrons. The number of rotatable bonds is 1. The summed E-state index contributed by atoms with van der Waals surface area (Å²) in [7, 11) is 0. The van der Waals surface area contributed by atoms with Crippen LogP contribution in [0.1, 0.15) is 48.1 Å². The molecule has 0 saturated heterocycles. The molecule has 0 atom stereocenters. The number of fused-ring (bicyclic) bond motifs is 3. The van der Waals surface area contributed by atoms with Gasteiger partial charge in [-0.1, -0.05) is 59.7 Å². The smallest absolute Gasteiger partial charge is 0.0195 e. The van der Waals surface area contributed by atoms with Crippen LogP contribution in [-0.4, -0.2) is 3.21 Å². The van der Waals surface area contributed by atoms with Crippen molar-refractivity contribution >= 4 is 8.78 Å². The van der Waals surface area contributed by atoms with Crippen molar-refractivity contribution in [1.82, 2.24) is 0 Å². The fourth-order valence-corrected chi connectivity index (χ4v) is 3.85. The molecule has 0 amide bonds. The number of hydrogen-bond acceptors (Lipinski definition) is 0. The Kier molecular flexibility index (Phi) is 11.0. The Morgan fingerprint density at radius 3 is 1.78 bits per heavy atom. The van der Waals surface area contributed by atoms with Crippen molar-refractivity contribution in [2.45, 2.75) is 26.7 Å². The number of hydrogen-bond donors (Lipinski definition) is 0. The van der Waals surface area contributed by atoms with Crippen molar-refractivity contribution in [3.05, 3.63) is 163 Å². The van der Waals surface area contributed by atoms with Crippen LogP contribution in [0, 0.1) is 19.9 Å². The summed E-state index contributed by atoms with van der Waals surface area (Å²) in [6.45, 7) is 11.7. The van der Waals surface area contributed by atoms with Crippen molar-refractivity contribution in [2.75, 3.05) is 0 Å². The van der Waals surface area contributed by atoms with Crippen molar-refractivity contribution < 1.29 is 24.2 Å². The van der Waals surface area contributed by atoms with E-state index >= 15 is 0 Å². The summed E-state index contributed by atoms with van der Waals surface area (Å²) in [5.41, 5.74) is 10.3. The average Bonchev–Trinajstić information content (AvgIpc) is 3.53. The predicted octanol–water partition coefficient (Wildman–Crippen LogP) is 8.88.